The number of aromatic nitrogens is 4. The fourth-order valence-electron chi connectivity index (χ4n) is 2.69. The predicted octanol–water partition coefficient (Wildman–Crippen LogP) is 4.75. The number of anilines is 1. The maximum atomic E-state index is 13.2. The van der Waals surface area contributed by atoms with Crippen molar-refractivity contribution in [1.82, 2.24) is 20.0 Å². The number of thioether (sulfide) groups is 1. The maximum Gasteiger partial charge on any atom is 0.277 e. The molecule has 0 saturated carbocycles. The molecule has 152 valence electrons. The van der Waals surface area contributed by atoms with Gasteiger partial charge in [0.25, 0.3) is 5.22 Å². The Morgan fingerprint density at radius 1 is 1.20 bits per heavy atom. The van der Waals surface area contributed by atoms with Crippen molar-refractivity contribution in [3.05, 3.63) is 71.1 Å². The molecule has 1 N–H and O–H groups in total. The Balaban J connectivity index is 1.42. The van der Waals surface area contributed by atoms with Crippen molar-refractivity contribution in [2.45, 2.75) is 12.1 Å². The van der Waals surface area contributed by atoms with E-state index in [1.807, 2.05) is 6.07 Å². The largest absolute Gasteiger partial charge is 0.411 e. The van der Waals surface area contributed by atoms with Gasteiger partial charge in [0.2, 0.25) is 11.8 Å². The van der Waals surface area contributed by atoms with Gasteiger partial charge in [0.1, 0.15) is 11.6 Å². The molecule has 0 spiro atoms. The monoisotopic (exact) mass is 443 g/mol. The van der Waals surface area contributed by atoms with Crippen LogP contribution in [0.5, 0.6) is 0 Å². The second kappa shape index (κ2) is 8.68. The summed E-state index contributed by atoms with van der Waals surface area (Å²) in [6.07, 6.45) is 0. The lowest BCUT2D eigenvalue weighted by atomic mass is 10.2. The van der Waals surface area contributed by atoms with Gasteiger partial charge in [0.15, 0.2) is 0 Å². The molecule has 0 aliphatic heterocycles. The minimum absolute atomic E-state index is 0.0534. The molecule has 30 heavy (non-hydrogen) atoms. The third kappa shape index (κ3) is 4.52. The molecule has 4 aromatic rings. The molecule has 2 aromatic heterocycles. The van der Waals surface area contributed by atoms with Gasteiger partial charge in [-0.2, -0.15) is 5.10 Å². The third-order valence-electron chi connectivity index (χ3n) is 4.01. The highest BCUT2D eigenvalue weighted by atomic mass is 35.5. The molecule has 10 heteroatoms. The second-order valence-corrected chi connectivity index (χ2v) is 7.58. The first-order chi connectivity index (χ1) is 14.5. The fourth-order valence-corrected chi connectivity index (χ4v) is 3.47. The van der Waals surface area contributed by atoms with Crippen LogP contribution < -0.4 is 5.32 Å². The Bertz CT molecular complexity index is 1190. The Labute approximate surface area is 180 Å². The lowest BCUT2D eigenvalue weighted by molar-refractivity contribution is -0.113. The Hall–Kier alpha value is -3.17. The van der Waals surface area contributed by atoms with Crippen LogP contribution in [0.25, 0.3) is 17.1 Å². The van der Waals surface area contributed by atoms with Gasteiger partial charge >= 0.3 is 0 Å². The summed E-state index contributed by atoms with van der Waals surface area (Å²) in [5.74, 6) is 0.194. The maximum absolute atomic E-state index is 13.2. The van der Waals surface area contributed by atoms with Crippen LogP contribution in [0.4, 0.5) is 10.2 Å². The van der Waals surface area contributed by atoms with Gasteiger partial charge in [-0.25, -0.2) is 9.07 Å². The molecule has 1 amide bonds. The number of amides is 1. The summed E-state index contributed by atoms with van der Waals surface area (Å²) in [6, 6.07) is 14.7. The van der Waals surface area contributed by atoms with Crippen molar-refractivity contribution in [1.29, 1.82) is 0 Å². The van der Waals surface area contributed by atoms with E-state index < -0.39 is 0 Å². The first kappa shape index (κ1) is 20.1. The summed E-state index contributed by atoms with van der Waals surface area (Å²) in [5, 5.41) is 15.8. The highest BCUT2D eigenvalue weighted by molar-refractivity contribution is 7.99. The lowest BCUT2D eigenvalue weighted by Crippen LogP contribution is -2.17. The van der Waals surface area contributed by atoms with Crippen molar-refractivity contribution >= 4 is 35.1 Å². The van der Waals surface area contributed by atoms with Gasteiger partial charge in [0, 0.05) is 6.07 Å². The van der Waals surface area contributed by atoms with Crippen molar-refractivity contribution in [2.24, 2.45) is 0 Å². The zero-order valence-corrected chi connectivity index (χ0v) is 17.2. The van der Waals surface area contributed by atoms with Crippen molar-refractivity contribution < 1.29 is 13.6 Å². The molecule has 0 radical (unpaired) electrons. The SMILES string of the molecule is Cc1cc(NC(=O)CSc2nnc(-c3ccccc3Cl)o2)n(-c2ccc(F)cc2)n1. The molecule has 2 aromatic carbocycles. The Morgan fingerprint density at radius 3 is 2.73 bits per heavy atom. The van der Waals surface area contributed by atoms with E-state index >= 15 is 0 Å². The Morgan fingerprint density at radius 2 is 1.97 bits per heavy atom. The zero-order valence-electron chi connectivity index (χ0n) is 15.7. The molecular formula is C20H15ClFN5O2S. The van der Waals surface area contributed by atoms with Crippen LogP contribution >= 0.6 is 23.4 Å². The first-order valence-electron chi connectivity index (χ1n) is 8.83. The molecule has 0 atom stereocenters. The van der Waals surface area contributed by atoms with Gasteiger partial charge in [-0.15, -0.1) is 10.2 Å². The summed E-state index contributed by atoms with van der Waals surface area (Å²) >= 11 is 7.24. The molecule has 0 saturated heterocycles. The van der Waals surface area contributed by atoms with Crippen LogP contribution in [0.3, 0.4) is 0 Å². The molecule has 0 bridgehead atoms. The highest BCUT2D eigenvalue weighted by Gasteiger charge is 2.15. The van der Waals surface area contributed by atoms with Crippen LogP contribution in [0.15, 0.2) is 64.2 Å². The van der Waals surface area contributed by atoms with Crippen LogP contribution in [0.2, 0.25) is 5.02 Å². The van der Waals surface area contributed by atoms with Crippen LogP contribution in [-0.2, 0) is 4.79 Å². The van der Waals surface area contributed by atoms with Crippen molar-refractivity contribution in [2.75, 3.05) is 11.1 Å². The van der Waals surface area contributed by atoms with Gasteiger partial charge in [0.05, 0.1) is 27.7 Å². The number of carbonyl (C=O) groups is 1. The van der Waals surface area contributed by atoms with E-state index in [1.165, 1.54) is 12.1 Å². The molecule has 0 fully saturated rings. The standard InChI is InChI=1S/C20H15ClFN5O2S/c1-12-10-17(27(26-12)14-8-6-13(22)7-9-14)23-18(28)11-30-20-25-24-19(29-20)15-4-2-3-5-16(15)21/h2-10H,11H2,1H3,(H,23,28). The van der Waals surface area contributed by atoms with Crippen LogP contribution in [-0.4, -0.2) is 31.6 Å². The van der Waals surface area contributed by atoms with E-state index in [9.17, 15) is 9.18 Å². The van der Waals surface area contributed by atoms with Crippen molar-refractivity contribution in [3.8, 4) is 17.1 Å². The number of aryl methyl sites for hydroxylation is 1. The molecule has 0 aliphatic carbocycles. The molecular weight excluding hydrogens is 429 g/mol. The summed E-state index contributed by atoms with van der Waals surface area (Å²) in [5.41, 5.74) is 1.97. The number of benzene rings is 2. The predicted molar refractivity (Wildman–Crippen MR) is 112 cm³/mol. The van der Waals surface area contributed by atoms with E-state index in [1.54, 1.807) is 48.0 Å². The normalized spacial score (nSPS) is 10.9. The average molecular weight is 444 g/mol. The smallest absolute Gasteiger partial charge is 0.277 e. The van der Waals surface area contributed by atoms with Gasteiger partial charge < -0.3 is 9.73 Å². The summed E-state index contributed by atoms with van der Waals surface area (Å²) in [4.78, 5) is 12.4. The number of nitrogens with one attached hydrogen (secondary N) is 1. The molecule has 0 unspecified atom stereocenters. The molecule has 4 rings (SSSR count). The first-order valence-corrected chi connectivity index (χ1v) is 10.2. The van der Waals surface area contributed by atoms with Crippen LogP contribution in [0.1, 0.15) is 5.69 Å². The van der Waals surface area contributed by atoms with Crippen molar-refractivity contribution in [3.63, 3.8) is 0 Å². The van der Waals surface area contributed by atoms with E-state index in [0.717, 1.165) is 11.8 Å². The van der Waals surface area contributed by atoms with Crippen LogP contribution in [0, 0.1) is 12.7 Å². The number of carbonyl (C=O) groups excluding carboxylic acids is 1. The summed E-state index contributed by atoms with van der Waals surface area (Å²) < 4.78 is 20.3. The minimum atomic E-state index is -0.347. The highest BCUT2D eigenvalue weighted by Crippen LogP contribution is 2.28. The summed E-state index contributed by atoms with van der Waals surface area (Å²) in [6.45, 7) is 1.80. The Kier molecular flexibility index (Phi) is 5.82. The quantitative estimate of drug-likeness (QED) is 0.432. The van der Waals surface area contributed by atoms with E-state index in [0.29, 0.717) is 27.8 Å². The zero-order chi connectivity index (χ0) is 21.1. The van der Waals surface area contributed by atoms with Gasteiger partial charge in [-0.1, -0.05) is 35.5 Å². The lowest BCUT2D eigenvalue weighted by Gasteiger charge is -2.08. The van der Waals surface area contributed by atoms with E-state index in [-0.39, 0.29) is 28.6 Å². The number of rotatable bonds is 6. The number of halogens is 2. The number of hydrogen-bond donors (Lipinski definition) is 1. The number of nitrogens with zero attached hydrogens (tertiary/aromatic N) is 4. The topological polar surface area (TPSA) is 85.8 Å². The molecule has 7 nitrogen and oxygen atoms in total. The number of hydrogen-bond acceptors (Lipinski definition) is 6. The average Bonchev–Trinajstić information content (AvgIpc) is 3.34. The van der Waals surface area contributed by atoms with E-state index in [2.05, 4.69) is 20.6 Å². The molecule has 0 aliphatic rings. The summed E-state index contributed by atoms with van der Waals surface area (Å²) in [7, 11) is 0. The molecule has 2 heterocycles. The fraction of sp³-hybridized carbons (Fsp3) is 0.100. The van der Waals surface area contributed by atoms with Gasteiger partial charge in [-0.3, -0.25) is 4.79 Å². The third-order valence-corrected chi connectivity index (χ3v) is 5.16. The second-order valence-electron chi connectivity index (χ2n) is 6.25. The van der Waals surface area contributed by atoms with Gasteiger partial charge in [-0.05, 0) is 43.3 Å². The minimum Gasteiger partial charge on any atom is -0.411 e. The van der Waals surface area contributed by atoms with E-state index in [4.69, 9.17) is 16.0 Å².